The Balaban J connectivity index is 1.14. The monoisotopic (exact) mass is 606 g/mol. The second kappa shape index (κ2) is 9.96. The zero-order valence-corrected chi connectivity index (χ0v) is 26.0. The van der Waals surface area contributed by atoms with Crippen LogP contribution in [0.15, 0.2) is 30.6 Å². The van der Waals surface area contributed by atoms with E-state index in [9.17, 15) is 9.18 Å². The number of imidazole rings is 1. The maximum absolute atomic E-state index is 14.6. The molecule has 5 aliphatic rings. The van der Waals surface area contributed by atoms with Gasteiger partial charge < -0.3 is 14.2 Å². The smallest absolute Gasteiger partial charge is 0.238 e. The molecule has 228 valence electrons. The van der Waals surface area contributed by atoms with Crippen LogP contribution in [0.5, 0.6) is 0 Å². The molecule has 1 aliphatic carbocycles. The number of aromatic nitrogens is 3. The van der Waals surface area contributed by atoms with Crippen LogP contribution in [-0.4, -0.2) is 93.4 Å². The Morgan fingerprint density at radius 2 is 1.77 bits per heavy atom. The molecule has 8 nitrogen and oxygen atoms in total. The van der Waals surface area contributed by atoms with Crippen molar-refractivity contribution in [2.24, 2.45) is 0 Å². The van der Waals surface area contributed by atoms with Gasteiger partial charge in [-0.25, -0.2) is 14.4 Å². The number of rotatable bonds is 5. The summed E-state index contributed by atoms with van der Waals surface area (Å²) >= 11 is 6.74. The van der Waals surface area contributed by atoms with Crippen LogP contribution in [0.3, 0.4) is 0 Å². The quantitative estimate of drug-likeness (QED) is 0.364. The molecule has 0 N–H and O–H groups in total. The van der Waals surface area contributed by atoms with E-state index in [-0.39, 0.29) is 18.0 Å². The summed E-state index contributed by atoms with van der Waals surface area (Å²) in [7, 11) is 0. The van der Waals surface area contributed by atoms with E-state index >= 15 is 0 Å². The predicted octanol–water partition coefficient (Wildman–Crippen LogP) is 5.38. The molecule has 3 saturated heterocycles. The highest BCUT2D eigenvalue weighted by atomic mass is 35.5. The van der Waals surface area contributed by atoms with Crippen LogP contribution in [0.25, 0.3) is 22.3 Å². The molecule has 1 spiro atoms. The van der Waals surface area contributed by atoms with Crippen LogP contribution in [0.1, 0.15) is 64.5 Å². The van der Waals surface area contributed by atoms with Gasteiger partial charge in [-0.3, -0.25) is 14.6 Å². The van der Waals surface area contributed by atoms with Gasteiger partial charge in [0.05, 0.1) is 42.2 Å². The Morgan fingerprint density at radius 3 is 2.42 bits per heavy atom. The number of carbonyl (C=O) groups excluding carboxylic acids is 1. The number of anilines is 1. The van der Waals surface area contributed by atoms with E-state index in [0.717, 1.165) is 92.1 Å². The van der Waals surface area contributed by atoms with Gasteiger partial charge in [-0.15, -0.1) is 0 Å². The third-order valence-corrected chi connectivity index (χ3v) is 11.2. The van der Waals surface area contributed by atoms with Crippen molar-refractivity contribution in [1.82, 2.24) is 24.3 Å². The van der Waals surface area contributed by atoms with Crippen molar-refractivity contribution in [3.63, 3.8) is 0 Å². The number of pyridine rings is 1. The van der Waals surface area contributed by atoms with E-state index in [1.165, 1.54) is 0 Å². The van der Waals surface area contributed by atoms with Crippen molar-refractivity contribution in [3.05, 3.63) is 41.3 Å². The molecule has 2 aromatic heterocycles. The highest BCUT2D eigenvalue weighted by Gasteiger charge is 2.56. The summed E-state index contributed by atoms with van der Waals surface area (Å²) in [6, 6.07) is 9.57. The Morgan fingerprint density at radius 1 is 1.02 bits per heavy atom. The molecule has 4 fully saturated rings. The first-order chi connectivity index (χ1) is 20.6. The number of ether oxygens (including phenoxy) is 1. The van der Waals surface area contributed by atoms with Crippen LogP contribution < -0.4 is 4.90 Å². The van der Waals surface area contributed by atoms with Crippen LogP contribution in [0.2, 0.25) is 5.15 Å². The minimum Gasteiger partial charge on any atom is -0.378 e. The molecule has 1 saturated carbocycles. The van der Waals surface area contributed by atoms with E-state index in [2.05, 4.69) is 51.7 Å². The van der Waals surface area contributed by atoms with E-state index in [1.807, 2.05) is 17.0 Å². The highest BCUT2D eigenvalue weighted by molar-refractivity contribution is 6.34. The standard InChI is InChI=1S/C33H40ClFN6O2/c1-20(2)40-19-36-27-15-26(37-30(34)29(27)40)21-4-5-25-28(12-21)41(23-13-22(14-23)39-9-6-32(3,35)18-39)31(42)33(25)7-10-38(11-8-33)24-16-43-17-24/h4-5,12,15,19-20,22-24H,6-11,13-14,16-18H2,1-3H3/t22-,23+,32?. The first-order valence-electron chi connectivity index (χ1n) is 15.9. The van der Waals surface area contributed by atoms with Crippen LogP contribution >= 0.6 is 11.6 Å². The minimum atomic E-state index is -1.11. The van der Waals surface area contributed by atoms with Gasteiger partial charge in [-0.1, -0.05) is 23.7 Å². The van der Waals surface area contributed by atoms with E-state index < -0.39 is 11.1 Å². The first-order valence-corrected chi connectivity index (χ1v) is 16.3. The van der Waals surface area contributed by atoms with Crippen molar-refractivity contribution in [2.45, 2.75) is 88.1 Å². The molecule has 43 heavy (non-hydrogen) atoms. The number of nitrogens with zero attached hydrogens (tertiary/aromatic N) is 6. The fourth-order valence-electron chi connectivity index (χ4n) is 8.19. The number of fused-ring (bicyclic) bond motifs is 3. The lowest BCUT2D eigenvalue weighted by Crippen LogP contribution is -2.59. The van der Waals surface area contributed by atoms with Gasteiger partial charge in [-0.2, -0.15) is 0 Å². The summed E-state index contributed by atoms with van der Waals surface area (Å²) in [6.45, 7) is 10.6. The molecule has 1 aromatic carbocycles. The average molecular weight is 607 g/mol. The third-order valence-electron chi connectivity index (χ3n) is 11.0. The summed E-state index contributed by atoms with van der Waals surface area (Å²) in [5, 5.41) is 0.434. The Bertz CT molecular complexity index is 1590. The van der Waals surface area contributed by atoms with E-state index in [4.69, 9.17) is 21.3 Å². The summed E-state index contributed by atoms with van der Waals surface area (Å²) in [6.07, 6.45) is 5.81. The number of halogens is 2. The molecule has 6 heterocycles. The van der Waals surface area contributed by atoms with Crippen LogP contribution in [0, 0.1) is 0 Å². The number of likely N-dealkylation sites (tertiary alicyclic amines) is 2. The molecule has 1 atom stereocenters. The largest absolute Gasteiger partial charge is 0.378 e. The Kier molecular flexibility index (Phi) is 6.47. The Labute approximate surface area is 257 Å². The molecule has 1 unspecified atom stereocenters. The summed E-state index contributed by atoms with van der Waals surface area (Å²) < 4.78 is 22.1. The van der Waals surface area contributed by atoms with Crippen molar-refractivity contribution in [3.8, 4) is 11.3 Å². The van der Waals surface area contributed by atoms with Crippen LogP contribution in [-0.2, 0) is 14.9 Å². The lowest BCUT2D eigenvalue weighted by molar-refractivity contribution is -0.128. The van der Waals surface area contributed by atoms with Gasteiger partial charge in [0.15, 0.2) is 5.15 Å². The zero-order chi connectivity index (χ0) is 29.7. The van der Waals surface area contributed by atoms with Crippen LogP contribution in [0.4, 0.5) is 10.1 Å². The first kappa shape index (κ1) is 27.9. The maximum atomic E-state index is 14.6. The van der Waals surface area contributed by atoms with Gasteiger partial charge in [0.1, 0.15) is 11.2 Å². The van der Waals surface area contributed by atoms with Gasteiger partial charge in [0.25, 0.3) is 0 Å². The number of alkyl halides is 1. The molecule has 3 aromatic rings. The summed E-state index contributed by atoms with van der Waals surface area (Å²) in [5.74, 6) is 0.237. The van der Waals surface area contributed by atoms with Crippen molar-refractivity contribution in [1.29, 1.82) is 0 Å². The molecule has 1 amide bonds. The minimum absolute atomic E-state index is 0.121. The van der Waals surface area contributed by atoms with Crippen molar-refractivity contribution in [2.75, 3.05) is 44.3 Å². The molecule has 0 radical (unpaired) electrons. The zero-order valence-electron chi connectivity index (χ0n) is 25.2. The van der Waals surface area contributed by atoms with Gasteiger partial charge in [-0.05, 0) is 83.7 Å². The number of amides is 1. The molecule has 10 heteroatoms. The Hall–Kier alpha value is -2.59. The maximum Gasteiger partial charge on any atom is 0.238 e. The number of benzene rings is 1. The summed E-state index contributed by atoms with van der Waals surface area (Å²) in [4.78, 5) is 30.9. The lowest BCUT2D eigenvalue weighted by Gasteiger charge is -2.47. The molecule has 0 bridgehead atoms. The second-order valence-electron chi connectivity index (χ2n) is 14.0. The normalized spacial score (nSPS) is 29.5. The topological polar surface area (TPSA) is 66.7 Å². The predicted molar refractivity (Wildman–Crippen MR) is 165 cm³/mol. The lowest BCUT2D eigenvalue weighted by atomic mass is 9.73. The van der Waals surface area contributed by atoms with Gasteiger partial charge in [0.2, 0.25) is 5.91 Å². The van der Waals surface area contributed by atoms with Gasteiger partial charge in [0, 0.05) is 42.5 Å². The number of hydrogen-bond acceptors (Lipinski definition) is 6. The third kappa shape index (κ3) is 4.36. The number of hydrogen-bond donors (Lipinski definition) is 0. The SMILES string of the molecule is CC(C)n1cnc2cc(-c3ccc4c(c3)N([C@H]3C[C@@H](N5CCC(C)(F)C5)C3)C(=O)C43CCN(C4COC4)CC3)nc(Cl)c21. The number of piperidine rings is 1. The molecular weight excluding hydrogens is 567 g/mol. The molecular formula is C33H40ClFN6O2. The van der Waals surface area contributed by atoms with Crippen molar-refractivity contribution < 1.29 is 13.9 Å². The fraction of sp³-hybridized carbons (Fsp3) is 0.606. The highest BCUT2D eigenvalue weighted by Crippen LogP contribution is 2.52. The van der Waals surface area contributed by atoms with Gasteiger partial charge >= 0.3 is 0 Å². The number of carbonyl (C=O) groups is 1. The second-order valence-corrected chi connectivity index (χ2v) is 14.4. The van der Waals surface area contributed by atoms with Crippen molar-refractivity contribution >= 4 is 34.2 Å². The molecule has 4 aliphatic heterocycles. The van der Waals surface area contributed by atoms with E-state index in [1.54, 1.807) is 6.92 Å². The summed E-state index contributed by atoms with van der Waals surface area (Å²) in [5.41, 5.74) is 3.88. The average Bonchev–Trinajstić information content (AvgIpc) is 3.58. The fourth-order valence-corrected chi connectivity index (χ4v) is 8.48. The van der Waals surface area contributed by atoms with E-state index in [0.29, 0.717) is 30.2 Å². The molecule has 8 rings (SSSR count).